The standard InChI is InChI=1S/C47H47N7O14S6.K/c1-50-38-11-7-31(48-29-69)23-34(38)36-25-42-44(27-40(36)50)67-46(53(42)17-5-21-73(61,62)63)13-9-33(52(15-3-19-71(55,56)57)16-4-20-72(58,59)60)10-14-47-54(18-6-22-74(64,65)66)43-26-37-35-24-32(49-30-70)8-12-39(35)51(2)41(37)28-45(43)68-47;/h7-14,23-28H,3-6,15-22H2,1-2H3,(H3-,55,56,57,58,59,60,61,62,63,64,65,66);/q;+1/p+1. The zero-order valence-corrected chi connectivity index (χ0v) is 48.5. The monoisotopic (exact) mass is 1170 g/mol. The van der Waals surface area contributed by atoms with Gasteiger partial charge in [0.15, 0.2) is 12.3 Å². The molecule has 0 saturated carbocycles. The number of thiocarbonyl (C=S) groups is 2. The summed E-state index contributed by atoms with van der Waals surface area (Å²) in [7, 11) is -13.9. The second-order valence-corrected chi connectivity index (χ2v) is 24.1. The molecule has 4 N–H and O–H groups in total. The van der Waals surface area contributed by atoms with Gasteiger partial charge in [0.25, 0.3) is 46.0 Å². The van der Waals surface area contributed by atoms with Crippen molar-refractivity contribution in [2.75, 3.05) is 47.5 Å². The summed E-state index contributed by atoms with van der Waals surface area (Å²) in [6, 6.07) is 18.5. The molecule has 4 aromatic carbocycles. The Morgan fingerprint density at radius 2 is 1.19 bits per heavy atom. The molecule has 1 aliphatic rings. The summed E-state index contributed by atoms with van der Waals surface area (Å²) in [6.45, 7) is -0.0682. The average molecular weight is 1170 g/mol. The second-order valence-electron chi connectivity index (χ2n) is 17.4. The topological polar surface area (TPSA) is 285 Å². The van der Waals surface area contributed by atoms with Crippen molar-refractivity contribution in [1.29, 1.82) is 0 Å². The third-order valence-electron chi connectivity index (χ3n) is 12.4. The summed E-state index contributed by atoms with van der Waals surface area (Å²) in [5, 5.41) is 8.03. The maximum Gasteiger partial charge on any atom is 1.00 e. The van der Waals surface area contributed by atoms with E-state index in [1.54, 1.807) is 50.8 Å². The summed E-state index contributed by atoms with van der Waals surface area (Å²) in [6.07, 6.45) is 5.98. The molecule has 3 aromatic heterocycles. The molecule has 1 aliphatic heterocycles. The van der Waals surface area contributed by atoms with E-state index < -0.39 is 63.5 Å². The third kappa shape index (κ3) is 14.1. The van der Waals surface area contributed by atoms with Crippen molar-refractivity contribution in [2.45, 2.75) is 32.2 Å². The fourth-order valence-electron chi connectivity index (χ4n) is 9.17. The number of fused-ring (bicyclic) bond motifs is 8. The molecule has 0 saturated heterocycles. The Kier molecular flexibility index (Phi) is 18.3. The molecule has 0 radical (unpaired) electrons. The van der Waals surface area contributed by atoms with Crippen LogP contribution in [0.1, 0.15) is 31.6 Å². The summed E-state index contributed by atoms with van der Waals surface area (Å²) < 4.78 is 153. The third-order valence-corrected chi connectivity index (χ3v) is 15.8. The number of anilines is 1. The fraction of sp³-hybridized carbons (Fsp3) is 0.298. The minimum atomic E-state index is -4.44. The predicted octanol–water partition coefficient (Wildman–Crippen LogP) is 4.53. The van der Waals surface area contributed by atoms with Crippen LogP contribution >= 0.6 is 24.4 Å². The van der Waals surface area contributed by atoms with Gasteiger partial charge < -0.3 is 28.1 Å². The minimum Gasteiger partial charge on any atom is -0.439 e. The number of rotatable bonds is 22. The van der Waals surface area contributed by atoms with Gasteiger partial charge in [0.05, 0.1) is 67.5 Å². The van der Waals surface area contributed by atoms with Crippen LogP contribution in [0.25, 0.3) is 60.8 Å². The van der Waals surface area contributed by atoms with Crippen LogP contribution in [0.4, 0.5) is 17.1 Å². The number of aromatic nitrogens is 3. The van der Waals surface area contributed by atoms with Gasteiger partial charge in [0.1, 0.15) is 0 Å². The number of aryl methyl sites for hydroxylation is 3. The van der Waals surface area contributed by atoms with Crippen LogP contribution in [0.3, 0.4) is 0 Å². The van der Waals surface area contributed by atoms with Crippen LogP contribution in [0.15, 0.2) is 105 Å². The number of allylic oxidation sites excluding steroid dienone is 3. The van der Waals surface area contributed by atoms with Crippen LogP contribution in [0.2, 0.25) is 0 Å². The van der Waals surface area contributed by atoms with Crippen molar-refractivity contribution in [1.82, 2.24) is 14.0 Å². The van der Waals surface area contributed by atoms with Crippen LogP contribution in [0.5, 0.6) is 5.75 Å². The van der Waals surface area contributed by atoms with Gasteiger partial charge in [0, 0.05) is 103 Å². The number of benzene rings is 4. The molecule has 7 aromatic rings. The Hall–Kier alpha value is -4.55. The molecule has 4 heterocycles. The zero-order chi connectivity index (χ0) is 53.3. The second kappa shape index (κ2) is 23.6. The predicted molar refractivity (Wildman–Crippen MR) is 289 cm³/mol. The number of nitrogens with zero attached hydrogens (tertiary/aromatic N) is 7. The van der Waals surface area contributed by atoms with Gasteiger partial charge in [-0.25, -0.2) is 0 Å². The Morgan fingerprint density at radius 1 is 0.680 bits per heavy atom. The van der Waals surface area contributed by atoms with Crippen molar-refractivity contribution in [3.05, 3.63) is 96.4 Å². The molecule has 0 atom stereocenters. The van der Waals surface area contributed by atoms with Crippen LogP contribution in [-0.4, -0.2) is 119 Å². The van der Waals surface area contributed by atoms with E-state index in [0.717, 1.165) is 43.6 Å². The van der Waals surface area contributed by atoms with E-state index in [1.165, 1.54) is 0 Å². The van der Waals surface area contributed by atoms with Crippen molar-refractivity contribution < 1.29 is 117 Å². The molecule has 0 spiro atoms. The van der Waals surface area contributed by atoms with Gasteiger partial charge >= 0.3 is 57.3 Å². The van der Waals surface area contributed by atoms with Crippen molar-refractivity contribution in [3.63, 3.8) is 0 Å². The molecule has 21 nitrogen and oxygen atoms in total. The number of hydrogen-bond donors (Lipinski definition) is 4. The fourth-order valence-corrected chi connectivity index (χ4v) is 11.4. The van der Waals surface area contributed by atoms with E-state index in [0.29, 0.717) is 39.6 Å². The van der Waals surface area contributed by atoms with E-state index >= 15 is 0 Å². The molecule has 0 aliphatic carbocycles. The maximum atomic E-state index is 11.9. The molecule has 75 heavy (non-hydrogen) atoms. The Morgan fingerprint density at radius 3 is 1.73 bits per heavy atom. The molecule has 28 heteroatoms. The van der Waals surface area contributed by atoms with Crippen molar-refractivity contribution in [3.8, 4) is 5.75 Å². The van der Waals surface area contributed by atoms with Crippen LogP contribution < -0.4 is 65.6 Å². The number of oxazole rings is 1. The average Bonchev–Trinajstić information content (AvgIpc) is 4.00. The number of isothiocyanates is 2. The van der Waals surface area contributed by atoms with E-state index in [1.807, 2.05) is 71.8 Å². The van der Waals surface area contributed by atoms with Crippen molar-refractivity contribution >= 4 is 153 Å². The molecule has 0 unspecified atom stereocenters. The van der Waals surface area contributed by atoms with E-state index in [-0.39, 0.29) is 115 Å². The smallest absolute Gasteiger partial charge is 0.439 e. The number of aliphatic imine (C=N–C) groups is 2. The van der Waals surface area contributed by atoms with Gasteiger partial charge in [0.2, 0.25) is 11.5 Å². The molecule has 0 fully saturated rings. The van der Waals surface area contributed by atoms with E-state index in [4.69, 9.17) is 33.6 Å². The van der Waals surface area contributed by atoms with Crippen molar-refractivity contribution in [2.24, 2.45) is 24.1 Å². The number of hydrogen-bond acceptors (Lipinski definition) is 16. The molecule has 0 amide bonds. The SMILES string of the molecule is Cn1c2ccc(N=C=S)cc2c2cc3c(cc21)O\C(=C/C=C(/C=C/c1oc2cc4c(cc2[n+]1CCCS(=O)(=O)O)c1cc(N=C=S)ccc1n4C)N(CCCS(=O)(=O)O)CCCS(=O)(=O)O)N3CCCS(=O)(=O)O.[K+]. The normalized spacial score (nSPS) is 14.0. The number of ether oxygens (including phenoxy) is 1. The minimum absolute atomic E-state index is 0. The van der Waals surface area contributed by atoms with Crippen LogP contribution in [-0.2, 0) is 61.1 Å². The van der Waals surface area contributed by atoms with Gasteiger partial charge in [-0.1, -0.05) is 0 Å². The molecular formula is C47H48KN7O14S6+2. The zero-order valence-electron chi connectivity index (χ0n) is 40.5. The first kappa shape index (κ1) is 58.1. The summed E-state index contributed by atoms with van der Waals surface area (Å²) in [5.41, 5.74) is 6.27. The largest absolute Gasteiger partial charge is 1.00 e. The maximum absolute atomic E-state index is 11.9. The van der Waals surface area contributed by atoms with Gasteiger partial charge in [-0.2, -0.15) is 48.2 Å². The Bertz CT molecular complexity index is 4040. The summed E-state index contributed by atoms with van der Waals surface area (Å²) in [5.74, 6) is -1.65. The molecule has 390 valence electrons. The van der Waals surface area contributed by atoms with Gasteiger partial charge in [-0.3, -0.25) is 18.2 Å². The van der Waals surface area contributed by atoms with E-state index in [9.17, 15) is 51.9 Å². The quantitative estimate of drug-likeness (QED) is 0.0181. The van der Waals surface area contributed by atoms with Gasteiger partial charge in [-0.05, 0) is 98.3 Å². The van der Waals surface area contributed by atoms with Crippen LogP contribution in [0, 0.1) is 0 Å². The van der Waals surface area contributed by atoms with Gasteiger partial charge in [-0.15, -0.1) is 0 Å². The first-order valence-corrected chi connectivity index (χ1v) is 29.9. The molecular weight excluding hydrogens is 1120 g/mol. The van der Waals surface area contributed by atoms with E-state index in [2.05, 4.69) is 20.3 Å². The molecule has 0 bridgehead atoms. The Labute approximate surface area is 484 Å². The Balaban J connectivity index is 0.00000820. The summed E-state index contributed by atoms with van der Waals surface area (Å²) in [4.78, 5) is 11.6. The first-order chi connectivity index (χ1) is 34.9. The summed E-state index contributed by atoms with van der Waals surface area (Å²) >= 11 is 9.68. The molecule has 8 rings (SSSR count). The first-order valence-electron chi connectivity index (χ1n) is 22.6.